The molecule has 0 saturated carbocycles. The number of fused-ring (bicyclic) bond motifs is 1. The van der Waals surface area contributed by atoms with Crippen LogP contribution in [0.5, 0.6) is 0 Å². The summed E-state index contributed by atoms with van der Waals surface area (Å²) < 4.78 is 0. The van der Waals surface area contributed by atoms with Crippen molar-refractivity contribution in [3.63, 3.8) is 0 Å². The van der Waals surface area contributed by atoms with E-state index in [1.807, 2.05) is 43.3 Å². The lowest BCUT2D eigenvalue weighted by Crippen LogP contribution is -2.25. The lowest BCUT2D eigenvalue weighted by Gasteiger charge is -2.17. The van der Waals surface area contributed by atoms with Crippen LogP contribution in [-0.4, -0.2) is 33.0 Å². The molecule has 1 aliphatic heterocycles. The number of halogens is 1. The fourth-order valence-corrected chi connectivity index (χ4v) is 4.23. The Balaban J connectivity index is 1.79. The van der Waals surface area contributed by atoms with E-state index in [0.717, 1.165) is 42.8 Å². The van der Waals surface area contributed by atoms with Crippen molar-refractivity contribution in [1.29, 1.82) is 0 Å². The van der Waals surface area contributed by atoms with Crippen LogP contribution in [0.1, 0.15) is 18.5 Å². The molecule has 4 aromatic rings. The summed E-state index contributed by atoms with van der Waals surface area (Å²) in [5.41, 5.74) is 5.14. The van der Waals surface area contributed by atoms with E-state index < -0.39 is 0 Å². The molecule has 4 heterocycles. The van der Waals surface area contributed by atoms with Crippen LogP contribution in [0.4, 0.5) is 5.69 Å². The molecule has 30 heavy (non-hydrogen) atoms. The SMILES string of the molecule is Cc1cc(-c2nc3c(=O)c(N4CCCC4)c[nH]c3nc2-c2ccccc2)cc(Cl)n1. The second-order valence-corrected chi connectivity index (χ2v) is 7.89. The molecule has 150 valence electrons. The number of pyridine rings is 2. The zero-order valence-corrected chi connectivity index (χ0v) is 17.3. The van der Waals surface area contributed by atoms with Gasteiger partial charge >= 0.3 is 0 Å². The van der Waals surface area contributed by atoms with Gasteiger partial charge in [-0.2, -0.15) is 0 Å². The van der Waals surface area contributed by atoms with Gasteiger partial charge < -0.3 is 9.88 Å². The molecule has 1 aliphatic rings. The normalized spacial score (nSPS) is 13.9. The fraction of sp³-hybridized carbons (Fsp3) is 0.217. The van der Waals surface area contributed by atoms with Gasteiger partial charge in [0.1, 0.15) is 10.8 Å². The first-order valence-corrected chi connectivity index (χ1v) is 10.4. The Kier molecular flexibility index (Phi) is 4.71. The van der Waals surface area contributed by atoms with Crippen molar-refractivity contribution < 1.29 is 0 Å². The maximum atomic E-state index is 13.3. The average molecular weight is 418 g/mol. The van der Waals surface area contributed by atoms with Crippen LogP contribution in [0, 0.1) is 6.92 Å². The maximum Gasteiger partial charge on any atom is 0.232 e. The quantitative estimate of drug-likeness (QED) is 0.493. The number of aromatic amines is 1. The molecule has 0 radical (unpaired) electrons. The van der Waals surface area contributed by atoms with Gasteiger partial charge in [-0.05, 0) is 31.9 Å². The first kappa shape index (κ1) is 18.8. The molecule has 0 atom stereocenters. The smallest absolute Gasteiger partial charge is 0.232 e. The number of aryl methyl sites for hydroxylation is 1. The Hall–Kier alpha value is -3.25. The Bertz CT molecular complexity index is 1280. The number of nitrogens with zero attached hydrogens (tertiary/aromatic N) is 4. The van der Waals surface area contributed by atoms with Crippen LogP contribution in [0.25, 0.3) is 33.7 Å². The van der Waals surface area contributed by atoms with Crippen LogP contribution >= 0.6 is 11.6 Å². The molecule has 7 heteroatoms. The van der Waals surface area contributed by atoms with Crippen LogP contribution in [0.3, 0.4) is 0 Å². The molecule has 0 spiro atoms. The number of benzene rings is 1. The zero-order valence-electron chi connectivity index (χ0n) is 16.5. The summed E-state index contributed by atoms with van der Waals surface area (Å²) in [6.45, 7) is 3.65. The van der Waals surface area contributed by atoms with E-state index >= 15 is 0 Å². The molecular weight excluding hydrogens is 398 g/mol. The van der Waals surface area contributed by atoms with Gasteiger partial charge in [0.25, 0.3) is 0 Å². The molecule has 0 aliphatic carbocycles. The number of rotatable bonds is 3. The standard InChI is InChI=1S/C23H20ClN5O/c1-14-11-16(12-18(24)26-14)20-19(15-7-3-2-4-8-15)28-23-21(27-20)22(30)17(13-25-23)29-9-5-6-10-29/h2-4,7-8,11-13H,5-6,9-10H2,1H3,(H,25,28,30). The molecule has 0 amide bonds. The van der Waals surface area contributed by atoms with Crippen molar-refractivity contribution in [3.8, 4) is 22.5 Å². The predicted molar refractivity (Wildman–Crippen MR) is 120 cm³/mol. The molecule has 0 unspecified atom stereocenters. The third-order valence-corrected chi connectivity index (χ3v) is 5.57. The molecule has 1 N–H and O–H groups in total. The van der Waals surface area contributed by atoms with Gasteiger partial charge in [0.15, 0.2) is 11.2 Å². The minimum absolute atomic E-state index is 0.101. The second-order valence-electron chi connectivity index (χ2n) is 7.50. The average Bonchev–Trinajstić information content (AvgIpc) is 3.28. The summed E-state index contributed by atoms with van der Waals surface area (Å²) in [6.07, 6.45) is 3.94. The Morgan fingerprint density at radius 2 is 1.70 bits per heavy atom. The highest BCUT2D eigenvalue weighted by atomic mass is 35.5. The van der Waals surface area contributed by atoms with Crippen molar-refractivity contribution in [3.05, 3.63) is 69.7 Å². The van der Waals surface area contributed by atoms with Crippen molar-refractivity contribution in [2.24, 2.45) is 0 Å². The van der Waals surface area contributed by atoms with Gasteiger partial charge in [0.2, 0.25) is 5.43 Å². The van der Waals surface area contributed by atoms with E-state index in [0.29, 0.717) is 33.4 Å². The molecule has 3 aromatic heterocycles. The summed E-state index contributed by atoms with van der Waals surface area (Å²) in [6, 6.07) is 13.5. The number of nitrogens with one attached hydrogen (secondary N) is 1. The summed E-state index contributed by atoms with van der Waals surface area (Å²) >= 11 is 6.23. The van der Waals surface area contributed by atoms with Gasteiger partial charge in [-0.25, -0.2) is 15.0 Å². The highest BCUT2D eigenvalue weighted by Crippen LogP contribution is 2.31. The summed E-state index contributed by atoms with van der Waals surface area (Å²) in [5.74, 6) is 0. The topological polar surface area (TPSA) is 74.8 Å². The third-order valence-electron chi connectivity index (χ3n) is 5.38. The number of anilines is 1. The number of hydrogen-bond acceptors (Lipinski definition) is 5. The number of aromatic nitrogens is 4. The van der Waals surface area contributed by atoms with Gasteiger partial charge in [-0.1, -0.05) is 41.9 Å². The molecule has 1 saturated heterocycles. The van der Waals surface area contributed by atoms with Crippen LogP contribution in [0.2, 0.25) is 5.15 Å². The monoisotopic (exact) mass is 417 g/mol. The van der Waals surface area contributed by atoms with E-state index in [9.17, 15) is 4.79 Å². The molecule has 6 nitrogen and oxygen atoms in total. The summed E-state index contributed by atoms with van der Waals surface area (Å²) in [4.78, 5) is 32.5. The van der Waals surface area contributed by atoms with Crippen LogP contribution in [-0.2, 0) is 0 Å². The maximum absolute atomic E-state index is 13.3. The van der Waals surface area contributed by atoms with E-state index in [4.69, 9.17) is 21.6 Å². The molecule has 0 bridgehead atoms. The highest BCUT2D eigenvalue weighted by Gasteiger charge is 2.20. The molecular formula is C23H20ClN5O. The zero-order chi connectivity index (χ0) is 20.7. The highest BCUT2D eigenvalue weighted by molar-refractivity contribution is 6.29. The first-order valence-electron chi connectivity index (χ1n) is 9.98. The molecule has 1 aromatic carbocycles. The molecule has 5 rings (SSSR count). The first-order chi connectivity index (χ1) is 14.6. The van der Waals surface area contributed by atoms with E-state index in [2.05, 4.69) is 14.9 Å². The van der Waals surface area contributed by atoms with Crippen molar-refractivity contribution >= 4 is 28.5 Å². The van der Waals surface area contributed by atoms with Crippen molar-refractivity contribution in [2.75, 3.05) is 18.0 Å². The number of hydrogen-bond donors (Lipinski definition) is 1. The minimum Gasteiger partial charge on any atom is -0.367 e. The van der Waals surface area contributed by atoms with Crippen LogP contribution < -0.4 is 10.3 Å². The van der Waals surface area contributed by atoms with E-state index in [1.54, 1.807) is 12.3 Å². The summed E-state index contributed by atoms with van der Waals surface area (Å²) in [7, 11) is 0. The van der Waals surface area contributed by atoms with Gasteiger partial charge in [0.05, 0.1) is 11.4 Å². The van der Waals surface area contributed by atoms with Gasteiger partial charge in [0, 0.05) is 36.1 Å². The second kappa shape index (κ2) is 7.54. The van der Waals surface area contributed by atoms with Gasteiger partial charge in [-0.3, -0.25) is 4.79 Å². The van der Waals surface area contributed by atoms with E-state index in [1.165, 1.54) is 0 Å². The van der Waals surface area contributed by atoms with Crippen molar-refractivity contribution in [1.82, 2.24) is 19.9 Å². The largest absolute Gasteiger partial charge is 0.367 e. The Morgan fingerprint density at radius 3 is 2.43 bits per heavy atom. The predicted octanol–water partition coefficient (Wildman–Crippen LogP) is 4.61. The Labute approximate surface area is 178 Å². The number of H-pyrrole nitrogens is 1. The lowest BCUT2D eigenvalue weighted by molar-refractivity contribution is 0.949. The third kappa shape index (κ3) is 3.33. The lowest BCUT2D eigenvalue weighted by atomic mass is 10.0. The molecule has 1 fully saturated rings. The summed E-state index contributed by atoms with van der Waals surface area (Å²) in [5, 5.41) is 0.380. The van der Waals surface area contributed by atoms with E-state index in [-0.39, 0.29) is 5.43 Å². The van der Waals surface area contributed by atoms with Gasteiger partial charge in [-0.15, -0.1) is 0 Å². The Morgan fingerprint density at radius 1 is 0.967 bits per heavy atom. The van der Waals surface area contributed by atoms with Crippen LogP contribution in [0.15, 0.2) is 53.5 Å². The minimum atomic E-state index is -0.101. The fourth-order valence-electron chi connectivity index (χ4n) is 3.97. The van der Waals surface area contributed by atoms with Crippen molar-refractivity contribution in [2.45, 2.75) is 19.8 Å².